The number of aliphatic hydroxyl groups excluding tert-OH is 1. The first kappa shape index (κ1) is 24.4. The fourth-order valence-corrected chi connectivity index (χ4v) is 4.90. The summed E-state index contributed by atoms with van der Waals surface area (Å²) in [5.41, 5.74) is 0. The Morgan fingerprint density at radius 3 is 2.12 bits per heavy atom. The maximum atomic E-state index is 9.51. The molecule has 0 spiro atoms. The van der Waals surface area contributed by atoms with Crippen LogP contribution in [0.1, 0.15) is 34.8 Å². The first-order chi connectivity index (χ1) is 15.7. The van der Waals surface area contributed by atoms with Crippen LogP contribution in [0.3, 0.4) is 0 Å². The second kappa shape index (κ2) is 13.4. The van der Waals surface area contributed by atoms with E-state index in [1.54, 1.807) is 22.7 Å². The minimum atomic E-state index is -0.289. The van der Waals surface area contributed by atoms with Gasteiger partial charge in [-0.2, -0.15) is 0 Å². The van der Waals surface area contributed by atoms with Crippen LogP contribution in [0.15, 0.2) is 77.5 Å². The Morgan fingerprint density at radius 1 is 0.781 bits per heavy atom. The monoisotopic (exact) mass is 468 g/mol. The highest BCUT2D eigenvalue weighted by Crippen LogP contribution is 2.32. The van der Waals surface area contributed by atoms with Crippen molar-refractivity contribution in [2.75, 3.05) is 27.2 Å². The predicted octanol–water partition coefficient (Wildman–Crippen LogP) is 6.02. The highest BCUT2D eigenvalue weighted by molar-refractivity contribution is 7.10. The van der Waals surface area contributed by atoms with E-state index in [0.29, 0.717) is 0 Å². The van der Waals surface area contributed by atoms with Gasteiger partial charge in [-0.3, -0.25) is 0 Å². The van der Waals surface area contributed by atoms with Gasteiger partial charge < -0.3 is 20.5 Å². The topological polar surface area (TPSA) is 53.5 Å². The zero-order valence-corrected chi connectivity index (χ0v) is 20.3. The van der Waals surface area contributed by atoms with Crippen LogP contribution in [-0.4, -0.2) is 32.3 Å². The van der Waals surface area contributed by atoms with Crippen LogP contribution < -0.4 is 15.4 Å². The number of hydrogen-bond donors (Lipinski definition) is 3. The van der Waals surface area contributed by atoms with Crippen molar-refractivity contribution >= 4 is 33.4 Å². The maximum Gasteiger partial charge on any atom is 0.134 e. The quantitative estimate of drug-likeness (QED) is 0.266. The van der Waals surface area contributed by atoms with Crippen molar-refractivity contribution in [2.45, 2.75) is 25.0 Å². The molecule has 2 aromatic heterocycles. The zero-order valence-electron chi connectivity index (χ0n) is 18.7. The first-order valence-corrected chi connectivity index (χ1v) is 12.7. The van der Waals surface area contributed by atoms with Gasteiger partial charge in [0.2, 0.25) is 0 Å². The van der Waals surface area contributed by atoms with Crippen molar-refractivity contribution in [1.82, 2.24) is 10.6 Å². The molecule has 2 heterocycles. The lowest BCUT2D eigenvalue weighted by Gasteiger charge is -2.19. The molecule has 0 bridgehead atoms. The molecule has 0 aliphatic heterocycles. The van der Waals surface area contributed by atoms with E-state index < -0.39 is 0 Å². The summed E-state index contributed by atoms with van der Waals surface area (Å²) < 4.78 is 6.34. The average molecular weight is 469 g/mol. The van der Waals surface area contributed by atoms with Crippen LogP contribution in [0.5, 0.6) is 5.75 Å². The number of hydrogen-bond acceptors (Lipinski definition) is 6. The number of fused-ring (bicyclic) bond motifs is 1. The Bertz CT molecular complexity index is 1010. The fraction of sp³-hybridized carbons (Fsp3) is 0.308. The number of benzene rings is 2. The molecule has 3 N–H and O–H groups in total. The van der Waals surface area contributed by atoms with Crippen LogP contribution in [0.4, 0.5) is 0 Å². The highest BCUT2D eigenvalue weighted by atomic mass is 32.1. The lowest BCUT2D eigenvalue weighted by Crippen LogP contribution is -2.15. The molecule has 0 saturated carbocycles. The standard InChI is InChI=1S/C18H19NOS.C8H13NOS/c1-19-12-11-17(18-10-5-13-21-18)20-16-9-4-7-14-6-2-3-8-15(14)16;1-9-5-4-7(10)8-3-2-6-11-8/h2-10,13,17,19H,11-12H2,1H3;2-3,6-7,9-10H,4-5H2,1H3/t17-;7-/m00/s1. The lowest BCUT2D eigenvalue weighted by molar-refractivity contribution is 0.171. The maximum absolute atomic E-state index is 9.51. The molecule has 0 saturated heterocycles. The highest BCUT2D eigenvalue weighted by Gasteiger charge is 2.15. The molecule has 0 aliphatic rings. The normalized spacial score (nSPS) is 12.7. The van der Waals surface area contributed by atoms with E-state index in [1.165, 1.54) is 15.6 Å². The van der Waals surface area contributed by atoms with E-state index in [4.69, 9.17) is 4.74 Å². The summed E-state index contributed by atoms with van der Waals surface area (Å²) >= 11 is 3.36. The van der Waals surface area contributed by atoms with E-state index in [0.717, 1.165) is 36.6 Å². The number of nitrogens with one attached hydrogen (secondary N) is 2. The Hall–Kier alpha value is -2.22. The fourth-order valence-electron chi connectivity index (χ4n) is 3.37. The molecule has 0 unspecified atom stereocenters. The van der Waals surface area contributed by atoms with Crippen molar-refractivity contribution in [2.24, 2.45) is 0 Å². The van der Waals surface area contributed by atoms with Gasteiger partial charge >= 0.3 is 0 Å². The smallest absolute Gasteiger partial charge is 0.134 e. The summed E-state index contributed by atoms with van der Waals surface area (Å²) in [5.74, 6) is 0.961. The predicted molar refractivity (Wildman–Crippen MR) is 138 cm³/mol. The minimum Gasteiger partial charge on any atom is -0.484 e. The summed E-state index contributed by atoms with van der Waals surface area (Å²) in [5, 5.41) is 22.2. The van der Waals surface area contributed by atoms with Gasteiger partial charge in [0.1, 0.15) is 11.9 Å². The molecule has 4 rings (SSSR count). The van der Waals surface area contributed by atoms with Crippen molar-refractivity contribution in [3.63, 3.8) is 0 Å². The van der Waals surface area contributed by atoms with Crippen LogP contribution >= 0.6 is 22.7 Å². The molecular weight excluding hydrogens is 436 g/mol. The minimum absolute atomic E-state index is 0.100. The molecule has 0 fully saturated rings. The molecule has 0 amide bonds. The summed E-state index contributed by atoms with van der Waals surface area (Å²) in [6.45, 7) is 1.80. The van der Waals surface area contributed by atoms with Crippen molar-refractivity contribution in [3.05, 3.63) is 87.2 Å². The average Bonchev–Trinajstić information content (AvgIpc) is 3.55. The van der Waals surface area contributed by atoms with Gasteiger partial charge in [-0.05, 0) is 68.0 Å². The third-order valence-corrected chi connectivity index (χ3v) is 7.01. The van der Waals surface area contributed by atoms with E-state index in [9.17, 15) is 5.11 Å². The molecule has 4 nitrogen and oxygen atoms in total. The Morgan fingerprint density at radius 2 is 1.44 bits per heavy atom. The molecular formula is C26H32N2O2S2. The van der Waals surface area contributed by atoms with Crippen LogP contribution in [0, 0.1) is 0 Å². The number of rotatable bonds is 10. The Kier molecular flexibility index (Phi) is 10.2. The van der Waals surface area contributed by atoms with Crippen molar-refractivity contribution < 1.29 is 9.84 Å². The van der Waals surface area contributed by atoms with E-state index in [1.807, 2.05) is 31.6 Å². The summed E-state index contributed by atoms with van der Waals surface area (Å²) in [6.07, 6.45) is 1.56. The van der Waals surface area contributed by atoms with E-state index in [2.05, 4.69) is 70.6 Å². The van der Waals surface area contributed by atoms with Crippen LogP contribution in [0.25, 0.3) is 10.8 Å². The Labute approximate surface area is 198 Å². The number of ether oxygens (including phenoxy) is 1. The van der Waals surface area contributed by atoms with Gasteiger partial charge in [-0.15, -0.1) is 22.7 Å². The number of aliphatic hydroxyl groups is 1. The summed E-state index contributed by atoms with van der Waals surface area (Å²) in [7, 11) is 3.87. The van der Waals surface area contributed by atoms with Crippen molar-refractivity contribution in [3.8, 4) is 5.75 Å². The molecule has 6 heteroatoms. The Balaban J connectivity index is 0.000000222. The number of thiophene rings is 2. The molecule has 0 radical (unpaired) electrons. The van der Waals surface area contributed by atoms with Gasteiger partial charge in [0.25, 0.3) is 0 Å². The lowest BCUT2D eigenvalue weighted by atomic mass is 10.1. The van der Waals surface area contributed by atoms with Gasteiger partial charge in [-0.1, -0.05) is 48.5 Å². The second-order valence-corrected chi connectivity index (χ2v) is 9.37. The molecule has 32 heavy (non-hydrogen) atoms. The van der Waals surface area contributed by atoms with Gasteiger partial charge in [0.15, 0.2) is 0 Å². The van der Waals surface area contributed by atoms with Gasteiger partial charge in [-0.25, -0.2) is 0 Å². The third kappa shape index (κ3) is 7.15. The van der Waals surface area contributed by atoms with Crippen molar-refractivity contribution in [1.29, 1.82) is 0 Å². The largest absolute Gasteiger partial charge is 0.484 e. The molecule has 2 atom stereocenters. The van der Waals surface area contributed by atoms with Crippen LogP contribution in [0.2, 0.25) is 0 Å². The third-order valence-electron chi connectivity index (χ3n) is 5.08. The first-order valence-electron chi connectivity index (χ1n) is 10.9. The molecule has 0 aliphatic carbocycles. The molecule has 170 valence electrons. The SMILES string of the molecule is CNCC[C@H](O)c1cccs1.CNCC[C@H](Oc1cccc2ccccc12)c1cccs1. The summed E-state index contributed by atoms with van der Waals surface area (Å²) in [4.78, 5) is 2.33. The van der Waals surface area contributed by atoms with Gasteiger partial charge in [0, 0.05) is 21.6 Å². The zero-order chi connectivity index (χ0) is 22.6. The van der Waals surface area contributed by atoms with E-state index >= 15 is 0 Å². The second-order valence-electron chi connectivity index (χ2n) is 7.41. The summed E-state index contributed by atoms with van der Waals surface area (Å²) in [6, 6.07) is 22.7. The van der Waals surface area contributed by atoms with Crippen LogP contribution in [-0.2, 0) is 0 Å². The van der Waals surface area contributed by atoms with E-state index in [-0.39, 0.29) is 12.2 Å². The van der Waals surface area contributed by atoms with Gasteiger partial charge in [0.05, 0.1) is 6.10 Å². The molecule has 4 aromatic rings. The molecule has 2 aromatic carbocycles.